The van der Waals surface area contributed by atoms with Gasteiger partial charge in [0.25, 0.3) is 0 Å². The van der Waals surface area contributed by atoms with Gasteiger partial charge in [-0.1, -0.05) is 92.5 Å². The zero-order valence-corrected chi connectivity index (χ0v) is 29.9. The number of nitrogens with zero attached hydrogens (tertiary/aromatic N) is 2. The van der Waals surface area contributed by atoms with Crippen LogP contribution in [0, 0.1) is 12.1 Å². The van der Waals surface area contributed by atoms with Crippen LogP contribution in [0.25, 0.3) is 66.4 Å². The van der Waals surface area contributed by atoms with Gasteiger partial charge in [0.1, 0.15) is 5.58 Å². The number of fused-ring (bicyclic) bond motifs is 7. The first-order chi connectivity index (χ1) is 21.8. The van der Waals surface area contributed by atoms with E-state index in [0.29, 0.717) is 5.92 Å². The Morgan fingerprint density at radius 3 is 2.11 bits per heavy atom. The van der Waals surface area contributed by atoms with Crippen LogP contribution in [0.2, 0.25) is 19.6 Å². The van der Waals surface area contributed by atoms with Crippen LogP contribution in [0.5, 0.6) is 0 Å². The Balaban J connectivity index is 0.000000187. The number of rotatable bonds is 4. The first-order valence-corrected chi connectivity index (χ1v) is 18.8. The van der Waals surface area contributed by atoms with Crippen LogP contribution in [0.3, 0.4) is 0 Å². The predicted molar refractivity (Wildman–Crippen MR) is 189 cm³/mol. The molecule has 0 saturated heterocycles. The summed E-state index contributed by atoms with van der Waals surface area (Å²) in [4.78, 5) is 9.11. The number of aromatic nitrogens is 2. The summed E-state index contributed by atoms with van der Waals surface area (Å²) in [6.45, 7) is 11.4. The molecule has 0 fully saturated rings. The Bertz CT molecular complexity index is 2280. The van der Waals surface area contributed by atoms with Gasteiger partial charge < -0.3 is 18.8 Å². The first-order valence-electron chi connectivity index (χ1n) is 15.3. The molecule has 4 nitrogen and oxygen atoms in total. The summed E-state index contributed by atoms with van der Waals surface area (Å²) < 4.78 is 12.6. The minimum Gasteiger partial charge on any atom is -0.497 e. The van der Waals surface area contributed by atoms with Gasteiger partial charge in [-0.25, -0.2) is 0 Å². The fraction of sp³-hybridized carbons (Fsp3) is 0.150. The van der Waals surface area contributed by atoms with Crippen LogP contribution in [0.4, 0.5) is 0 Å². The third-order valence-corrected chi connectivity index (χ3v) is 10.3. The molecular weight excluding hydrogens is 761 g/mol. The second kappa shape index (κ2) is 12.8. The molecule has 0 bridgehead atoms. The van der Waals surface area contributed by atoms with E-state index in [1.807, 2.05) is 67.0 Å². The van der Waals surface area contributed by atoms with E-state index in [-0.39, 0.29) is 20.1 Å². The number of benzene rings is 4. The molecule has 0 N–H and O–H groups in total. The summed E-state index contributed by atoms with van der Waals surface area (Å²) in [5, 5.41) is 5.66. The van der Waals surface area contributed by atoms with Crippen molar-refractivity contribution < 1.29 is 28.9 Å². The third kappa shape index (κ3) is 5.96. The summed E-state index contributed by atoms with van der Waals surface area (Å²) in [5.41, 5.74) is 8.29. The zero-order valence-electron chi connectivity index (χ0n) is 26.5. The van der Waals surface area contributed by atoms with Crippen LogP contribution in [-0.4, -0.2) is 18.0 Å². The fourth-order valence-electron chi connectivity index (χ4n) is 5.66. The molecule has 0 amide bonds. The number of pyridine rings is 2. The SMILES string of the molecule is CC(C)c1ccnc(-c2[c-]ccc3c2oc2c3ccc3c4ccccc4oc32)c1.C[Si](C)(C)c1ccc(-c2[c-]cccc2)nc1.[Ir]. The minimum absolute atomic E-state index is 0. The maximum Gasteiger partial charge on any atom is 0.177 e. The van der Waals surface area contributed by atoms with Gasteiger partial charge in [0.2, 0.25) is 0 Å². The topological polar surface area (TPSA) is 52.1 Å². The molecular formula is C40H34IrN2O2Si-2. The van der Waals surface area contributed by atoms with Gasteiger partial charge in [-0.3, -0.25) is 0 Å². The average molecular weight is 795 g/mol. The van der Waals surface area contributed by atoms with Crippen LogP contribution < -0.4 is 5.19 Å². The largest absolute Gasteiger partial charge is 0.497 e. The fourth-order valence-corrected chi connectivity index (χ4v) is 6.70. The molecule has 0 aliphatic rings. The Hall–Kier alpha value is -4.35. The molecule has 4 heterocycles. The summed E-state index contributed by atoms with van der Waals surface area (Å²) in [5.74, 6) is 0.432. The Kier molecular flexibility index (Phi) is 8.80. The van der Waals surface area contributed by atoms with Crippen molar-refractivity contribution in [3.05, 3.63) is 127 Å². The normalized spacial score (nSPS) is 11.6. The third-order valence-electron chi connectivity index (χ3n) is 8.27. The molecule has 6 heteroatoms. The Morgan fingerprint density at radius 2 is 1.39 bits per heavy atom. The number of furan rings is 2. The smallest absolute Gasteiger partial charge is 0.177 e. The summed E-state index contributed by atoms with van der Waals surface area (Å²) >= 11 is 0. The van der Waals surface area contributed by atoms with E-state index >= 15 is 0 Å². The molecule has 0 saturated carbocycles. The van der Waals surface area contributed by atoms with E-state index in [1.54, 1.807) is 0 Å². The maximum atomic E-state index is 6.42. The van der Waals surface area contributed by atoms with Crippen LogP contribution in [0.1, 0.15) is 25.3 Å². The molecule has 8 rings (SSSR count). The van der Waals surface area contributed by atoms with Crippen LogP contribution in [0.15, 0.2) is 118 Å². The number of hydrogen-bond donors (Lipinski definition) is 0. The Labute approximate surface area is 283 Å². The van der Waals surface area contributed by atoms with Crippen molar-refractivity contribution in [2.75, 3.05) is 0 Å². The van der Waals surface area contributed by atoms with E-state index in [4.69, 9.17) is 8.83 Å². The summed E-state index contributed by atoms with van der Waals surface area (Å²) in [7, 11) is -1.23. The molecule has 8 aromatic rings. The van der Waals surface area contributed by atoms with E-state index in [9.17, 15) is 0 Å². The van der Waals surface area contributed by atoms with E-state index in [2.05, 4.69) is 98.1 Å². The molecule has 231 valence electrons. The van der Waals surface area contributed by atoms with Gasteiger partial charge in [0.15, 0.2) is 11.2 Å². The number of hydrogen-bond acceptors (Lipinski definition) is 4. The molecule has 4 aromatic carbocycles. The average Bonchev–Trinajstić information content (AvgIpc) is 3.64. The Morgan fingerprint density at radius 1 is 0.652 bits per heavy atom. The second-order valence-corrected chi connectivity index (χ2v) is 17.8. The van der Waals surface area contributed by atoms with Crippen molar-refractivity contribution in [1.82, 2.24) is 9.97 Å². The first kappa shape index (κ1) is 31.6. The molecule has 0 unspecified atom stereocenters. The standard InChI is InChI=1S/C26H18NO2.C14H16NSi.Ir/c1-15(2)16-12-13-27-22(14-16)21-8-5-7-18-20-11-10-19-17-6-3-4-9-23(17)28-25(19)26(20)29-24(18)21;1-16(2,3)13-9-10-14(15-11-13)12-7-5-4-6-8-12;/h3-7,9-15H,1-2H3;4-7,9-11H,1-3H3;/q2*-1;. The molecule has 0 spiro atoms. The maximum absolute atomic E-state index is 6.42. The van der Waals surface area contributed by atoms with Crippen molar-refractivity contribution in [3.63, 3.8) is 0 Å². The van der Waals surface area contributed by atoms with Crippen LogP contribution >= 0.6 is 0 Å². The molecule has 0 aliphatic heterocycles. The van der Waals surface area contributed by atoms with Crippen molar-refractivity contribution in [1.29, 1.82) is 0 Å². The molecule has 4 aromatic heterocycles. The van der Waals surface area contributed by atoms with Crippen molar-refractivity contribution in [2.45, 2.75) is 39.4 Å². The molecule has 46 heavy (non-hydrogen) atoms. The second-order valence-electron chi connectivity index (χ2n) is 12.7. The van der Waals surface area contributed by atoms with Crippen molar-refractivity contribution in [2.24, 2.45) is 0 Å². The van der Waals surface area contributed by atoms with Crippen molar-refractivity contribution in [3.8, 4) is 22.5 Å². The molecule has 0 atom stereocenters. The zero-order chi connectivity index (χ0) is 31.1. The number of para-hydroxylation sites is 1. The summed E-state index contributed by atoms with van der Waals surface area (Å²) in [6, 6.07) is 39.3. The van der Waals surface area contributed by atoms with Gasteiger partial charge in [-0.05, 0) is 40.7 Å². The predicted octanol–water partition coefficient (Wildman–Crippen LogP) is 10.6. The van der Waals surface area contributed by atoms with E-state index in [1.165, 1.54) is 10.8 Å². The molecule has 1 radical (unpaired) electrons. The van der Waals surface area contributed by atoms with Gasteiger partial charge in [0, 0.05) is 48.7 Å². The molecule has 0 aliphatic carbocycles. The minimum atomic E-state index is -1.23. The van der Waals surface area contributed by atoms with Gasteiger partial charge in [-0.15, -0.1) is 54.1 Å². The monoisotopic (exact) mass is 795 g/mol. The quantitative estimate of drug-likeness (QED) is 0.132. The van der Waals surface area contributed by atoms with E-state index < -0.39 is 8.07 Å². The van der Waals surface area contributed by atoms with Gasteiger partial charge in [-0.2, -0.15) is 0 Å². The van der Waals surface area contributed by atoms with Crippen molar-refractivity contribution >= 4 is 57.1 Å². The summed E-state index contributed by atoms with van der Waals surface area (Å²) in [6.07, 6.45) is 3.87. The van der Waals surface area contributed by atoms with Gasteiger partial charge in [0.05, 0.1) is 13.7 Å². The van der Waals surface area contributed by atoms with Gasteiger partial charge >= 0.3 is 0 Å². The van der Waals surface area contributed by atoms with Crippen LogP contribution in [-0.2, 0) is 20.1 Å². The van der Waals surface area contributed by atoms with E-state index in [0.717, 1.165) is 66.4 Å².